The van der Waals surface area contributed by atoms with Gasteiger partial charge in [0.25, 0.3) is 0 Å². The van der Waals surface area contributed by atoms with Crippen molar-refractivity contribution in [2.45, 2.75) is 77.2 Å². The Kier molecular flexibility index (Phi) is 5.66. The number of aliphatic hydroxyl groups is 1. The Morgan fingerprint density at radius 3 is 2.44 bits per heavy atom. The first-order valence-electron chi connectivity index (χ1n) is 11.6. The summed E-state index contributed by atoms with van der Waals surface area (Å²) in [6, 6.07) is 0. The van der Waals surface area contributed by atoms with Gasteiger partial charge in [-0.05, 0) is 56.6 Å². The Hall–Kier alpha value is -2.42. The average Bonchev–Trinajstić information content (AvgIpc) is 3.02. The molecule has 1 N–H and O–H groups in total. The SMILES string of the molecule is CC(=O)OCC(=O)[C@@]1(OC(C)=O)CC[C@H]2[C@@H]3CCC4=C(F)C(=O)C=C[C@]4(C)[C@@]3(F)[C@@H](O)C[C@@]21C. The number of carbonyl (C=O) groups excluding carboxylic acids is 4. The van der Waals surface area contributed by atoms with Crippen molar-refractivity contribution in [2.24, 2.45) is 22.7 Å². The van der Waals surface area contributed by atoms with E-state index in [0.717, 1.165) is 13.0 Å². The van der Waals surface area contributed by atoms with E-state index in [9.17, 15) is 28.7 Å². The number of alkyl halides is 1. The number of hydrogen-bond acceptors (Lipinski definition) is 7. The number of carbonyl (C=O) groups is 4. The van der Waals surface area contributed by atoms with Gasteiger partial charge in [-0.15, -0.1) is 0 Å². The van der Waals surface area contributed by atoms with Gasteiger partial charge >= 0.3 is 11.9 Å². The molecule has 4 aliphatic carbocycles. The molecule has 34 heavy (non-hydrogen) atoms. The van der Waals surface area contributed by atoms with Crippen molar-refractivity contribution in [1.29, 1.82) is 0 Å². The van der Waals surface area contributed by atoms with E-state index in [1.807, 2.05) is 0 Å². The number of aliphatic hydroxyl groups excluding tert-OH is 1. The largest absolute Gasteiger partial charge is 0.458 e. The zero-order valence-corrected chi connectivity index (χ0v) is 19.8. The first kappa shape index (κ1) is 24.7. The van der Waals surface area contributed by atoms with E-state index in [4.69, 9.17) is 9.47 Å². The van der Waals surface area contributed by atoms with Gasteiger partial charge in [0.05, 0.1) is 6.10 Å². The normalized spacial score (nSPS) is 43.0. The maximum atomic E-state index is 17.1. The molecule has 0 aromatic rings. The van der Waals surface area contributed by atoms with E-state index in [1.54, 1.807) is 6.92 Å². The Morgan fingerprint density at radius 1 is 1.15 bits per heavy atom. The fourth-order valence-corrected chi connectivity index (χ4v) is 7.49. The monoisotopic (exact) mass is 480 g/mol. The molecule has 0 heterocycles. The minimum Gasteiger partial charge on any atom is -0.458 e. The van der Waals surface area contributed by atoms with Gasteiger partial charge in [0.2, 0.25) is 11.6 Å². The van der Waals surface area contributed by atoms with Crippen LogP contribution in [0.15, 0.2) is 23.6 Å². The first-order chi connectivity index (χ1) is 15.7. The van der Waals surface area contributed by atoms with Crippen LogP contribution in [-0.4, -0.2) is 52.6 Å². The van der Waals surface area contributed by atoms with E-state index in [0.29, 0.717) is 6.42 Å². The molecule has 0 aromatic carbocycles. The number of ether oxygens (including phenoxy) is 2. The molecular weight excluding hydrogens is 450 g/mol. The van der Waals surface area contributed by atoms with Gasteiger partial charge in [0, 0.05) is 30.6 Å². The van der Waals surface area contributed by atoms with E-state index in [1.165, 1.54) is 19.9 Å². The van der Waals surface area contributed by atoms with Crippen LogP contribution in [0.4, 0.5) is 8.78 Å². The highest BCUT2D eigenvalue weighted by Gasteiger charge is 2.75. The van der Waals surface area contributed by atoms with E-state index < -0.39 is 76.0 Å². The highest BCUT2D eigenvalue weighted by atomic mass is 19.1. The molecule has 4 aliphatic rings. The molecule has 7 atom stereocenters. The predicted molar refractivity (Wildman–Crippen MR) is 115 cm³/mol. The van der Waals surface area contributed by atoms with E-state index in [2.05, 4.69) is 0 Å². The van der Waals surface area contributed by atoms with Crippen LogP contribution < -0.4 is 0 Å². The van der Waals surface area contributed by atoms with Crippen LogP contribution in [0.2, 0.25) is 0 Å². The summed E-state index contributed by atoms with van der Waals surface area (Å²) in [7, 11) is 0. The quantitative estimate of drug-likeness (QED) is 0.616. The third-order valence-electron chi connectivity index (χ3n) is 9.03. The van der Waals surface area contributed by atoms with Crippen LogP contribution in [0.5, 0.6) is 0 Å². The van der Waals surface area contributed by atoms with Crippen molar-refractivity contribution < 1.29 is 42.5 Å². The summed E-state index contributed by atoms with van der Waals surface area (Å²) in [6.07, 6.45) is 1.25. The smallest absolute Gasteiger partial charge is 0.303 e. The number of ketones is 2. The maximum Gasteiger partial charge on any atom is 0.303 e. The average molecular weight is 481 g/mol. The van der Waals surface area contributed by atoms with E-state index >= 15 is 4.39 Å². The van der Waals surface area contributed by atoms with Gasteiger partial charge in [-0.25, -0.2) is 8.78 Å². The lowest BCUT2D eigenvalue weighted by Crippen LogP contribution is -2.69. The molecule has 0 aromatic heterocycles. The number of hydrogen-bond donors (Lipinski definition) is 1. The number of esters is 2. The molecule has 0 spiro atoms. The van der Waals surface area contributed by atoms with Crippen molar-refractivity contribution in [1.82, 2.24) is 0 Å². The van der Waals surface area contributed by atoms with Crippen molar-refractivity contribution in [3.63, 3.8) is 0 Å². The van der Waals surface area contributed by atoms with Gasteiger partial charge in [0.15, 0.2) is 23.7 Å². The van der Waals surface area contributed by atoms with Gasteiger partial charge in [-0.2, -0.15) is 0 Å². The minimum atomic E-state index is -2.29. The summed E-state index contributed by atoms with van der Waals surface area (Å²) in [5.41, 5.74) is -6.59. The second-order valence-corrected chi connectivity index (χ2v) is 10.5. The van der Waals surface area contributed by atoms with Gasteiger partial charge < -0.3 is 14.6 Å². The standard InChI is InChI=1S/C25H30F2O7/c1-13(28)33-12-20(32)24(34-14(2)29)10-7-15-16-5-6-17-21(26)18(30)8-9-22(17,3)25(16,27)19(31)11-23(15,24)4/h8-9,15-16,19,31H,5-7,10-12H2,1-4H3/t15-,16-,19-,22-,23-,24-,25-/m0/s1. The Morgan fingerprint density at radius 2 is 1.82 bits per heavy atom. The zero-order valence-electron chi connectivity index (χ0n) is 19.8. The lowest BCUT2D eigenvalue weighted by Gasteiger charge is -2.62. The Balaban J connectivity index is 1.79. The summed E-state index contributed by atoms with van der Waals surface area (Å²) >= 11 is 0. The van der Waals surface area contributed by atoms with Crippen molar-refractivity contribution in [3.8, 4) is 0 Å². The topological polar surface area (TPSA) is 107 Å². The van der Waals surface area contributed by atoms with E-state index in [-0.39, 0.29) is 31.3 Å². The second kappa shape index (κ2) is 7.80. The Bertz CT molecular complexity index is 1030. The van der Waals surface area contributed by atoms with Gasteiger partial charge in [-0.3, -0.25) is 19.2 Å². The molecule has 0 saturated heterocycles. The third kappa shape index (κ3) is 3.01. The molecule has 0 unspecified atom stereocenters. The number of fused-ring (bicyclic) bond motifs is 5. The van der Waals surface area contributed by atoms with Crippen molar-refractivity contribution >= 4 is 23.5 Å². The van der Waals surface area contributed by atoms with Crippen LogP contribution in [0.1, 0.15) is 59.8 Å². The number of allylic oxidation sites excluding steroid dienone is 4. The molecule has 4 rings (SSSR count). The molecule has 3 fully saturated rings. The highest BCUT2D eigenvalue weighted by molar-refractivity contribution is 6.04. The fraction of sp³-hybridized carbons (Fsp3) is 0.680. The first-order valence-corrected chi connectivity index (χ1v) is 11.6. The van der Waals surface area contributed by atoms with Crippen LogP contribution in [0, 0.1) is 22.7 Å². The molecule has 3 saturated carbocycles. The van der Waals surface area contributed by atoms with Crippen LogP contribution >= 0.6 is 0 Å². The lowest BCUT2D eigenvalue weighted by atomic mass is 9.44. The molecule has 186 valence electrons. The van der Waals surface area contributed by atoms with Crippen molar-refractivity contribution in [2.75, 3.05) is 6.61 Å². The summed E-state index contributed by atoms with van der Waals surface area (Å²) in [4.78, 5) is 48.7. The Labute approximate surface area is 196 Å². The fourth-order valence-electron chi connectivity index (χ4n) is 7.49. The molecule has 0 bridgehead atoms. The molecule has 0 aliphatic heterocycles. The molecule has 0 radical (unpaired) electrons. The minimum absolute atomic E-state index is 0.0524. The summed E-state index contributed by atoms with van der Waals surface area (Å²) < 4.78 is 42.5. The summed E-state index contributed by atoms with van der Waals surface area (Å²) in [5.74, 6) is -5.03. The van der Waals surface area contributed by atoms with Crippen LogP contribution in [-0.2, 0) is 28.7 Å². The molecular formula is C25H30F2O7. The maximum absolute atomic E-state index is 17.1. The number of Topliss-reactive ketones (excluding diaryl/α,β-unsaturated/α-hetero) is 1. The van der Waals surface area contributed by atoms with Gasteiger partial charge in [0.1, 0.15) is 0 Å². The second-order valence-electron chi connectivity index (χ2n) is 10.5. The molecule has 0 amide bonds. The third-order valence-corrected chi connectivity index (χ3v) is 9.03. The molecule has 7 nitrogen and oxygen atoms in total. The van der Waals surface area contributed by atoms with Crippen LogP contribution in [0.3, 0.4) is 0 Å². The predicted octanol–water partition coefficient (Wildman–Crippen LogP) is 3.09. The summed E-state index contributed by atoms with van der Waals surface area (Å²) in [6.45, 7) is 4.93. The number of halogens is 2. The van der Waals surface area contributed by atoms with Crippen molar-refractivity contribution in [3.05, 3.63) is 23.6 Å². The summed E-state index contributed by atoms with van der Waals surface area (Å²) in [5, 5.41) is 11.3. The van der Waals surface area contributed by atoms with Gasteiger partial charge in [-0.1, -0.05) is 13.0 Å². The number of rotatable bonds is 4. The highest BCUT2D eigenvalue weighted by Crippen LogP contribution is 2.70. The lowest BCUT2D eigenvalue weighted by molar-refractivity contribution is -0.225. The molecule has 9 heteroatoms. The zero-order chi connectivity index (χ0) is 25.3. The van der Waals surface area contributed by atoms with Crippen LogP contribution in [0.25, 0.3) is 0 Å².